The van der Waals surface area contributed by atoms with E-state index in [1.54, 1.807) is 36.0 Å². The zero-order valence-electron chi connectivity index (χ0n) is 16.5. The average molecular weight is 444 g/mol. The molecule has 31 heavy (non-hydrogen) atoms. The Labute approximate surface area is 179 Å². The number of benzene rings is 2. The van der Waals surface area contributed by atoms with Crippen molar-refractivity contribution in [2.24, 2.45) is 7.05 Å². The van der Waals surface area contributed by atoms with Crippen molar-refractivity contribution in [3.8, 4) is 0 Å². The van der Waals surface area contributed by atoms with E-state index in [9.17, 15) is 18.0 Å². The molecule has 2 atom stereocenters. The van der Waals surface area contributed by atoms with E-state index in [1.807, 2.05) is 6.08 Å². The lowest BCUT2D eigenvalue weighted by atomic mass is 10.1. The number of amides is 1. The molecule has 0 aliphatic carbocycles. The Hall–Kier alpha value is -3.17. The van der Waals surface area contributed by atoms with Crippen LogP contribution in [0.25, 0.3) is 6.08 Å². The SMILES string of the molecule is Cn1cc2c(c1C(=O)Nc1ccc(F)c(F)c1)C=CC(Cc1ccc(F)cc1)NS2=N. The van der Waals surface area contributed by atoms with E-state index in [2.05, 4.69) is 10.0 Å². The van der Waals surface area contributed by atoms with Crippen LogP contribution in [0.3, 0.4) is 0 Å². The fourth-order valence-corrected chi connectivity index (χ4v) is 4.68. The molecule has 0 bridgehead atoms. The third kappa shape index (κ3) is 4.47. The van der Waals surface area contributed by atoms with Gasteiger partial charge in [0, 0.05) is 36.6 Å². The maximum absolute atomic E-state index is 13.5. The lowest BCUT2D eigenvalue weighted by molar-refractivity contribution is 0.101. The Morgan fingerprint density at radius 1 is 1.16 bits per heavy atom. The number of nitrogens with zero attached hydrogens (tertiary/aromatic N) is 1. The van der Waals surface area contributed by atoms with Gasteiger partial charge in [-0.1, -0.05) is 24.3 Å². The maximum Gasteiger partial charge on any atom is 0.272 e. The minimum Gasteiger partial charge on any atom is -0.345 e. The summed E-state index contributed by atoms with van der Waals surface area (Å²) < 4.78 is 53.1. The topological polar surface area (TPSA) is 69.9 Å². The number of nitrogens with one attached hydrogen (secondary N) is 3. The number of aryl methyl sites for hydroxylation is 1. The molecule has 3 aromatic rings. The molecule has 4 rings (SSSR count). The van der Waals surface area contributed by atoms with Crippen LogP contribution in [0.2, 0.25) is 0 Å². The first kappa shape index (κ1) is 21.1. The van der Waals surface area contributed by atoms with E-state index in [-0.39, 0.29) is 17.5 Å². The predicted octanol–water partition coefficient (Wildman–Crippen LogP) is 4.58. The molecule has 2 unspecified atom stereocenters. The van der Waals surface area contributed by atoms with Crippen molar-refractivity contribution in [1.82, 2.24) is 9.29 Å². The van der Waals surface area contributed by atoms with Crippen LogP contribution in [0.4, 0.5) is 18.9 Å². The molecule has 1 aliphatic heterocycles. The van der Waals surface area contributed by atoms with Crippen molar-refractivity contribution in [2.75, 3.05) is 5.32 Å². The Kier molecular flexibility index (Phi) is 5.79. The van der Waals surface area contributed by atoms with Crippen LogP contribution >= 0.6 is 0 Å². The number of carbonyl (C=O) groups is 1. The van der Waals surface area contributed by atoms with Crippen LogP contribution in [0, 0.1) is 22.2 Å². The summed E-state index contributed by atoms with van der Waals surface area (Å²) in [6.07, 6.45) is 5.94. The van der Waals surface area contributed by atoms with Crippen LogP contribution in [-0.4, -0.2) is 16.5 Å². The molecule has 1 amide bonds. The van der Waals surface area contributed by atoms with E-state index in [4.69, 9.17) is 4.78 Å². The summed E-state index contributed by atoms with van der Waals surface area (Å²) in [7, 11) is 0.593. The number of halogens is 3. The van der Waals surface area contributed by atoms with Crippen LogP contribution in [0.1, 0.15) is 21.6 Å². The van der Waals surface area contributed by atoms with E-state index in [1.165, 1.54) is 18.2 Å². The van der Waals surface area contributed by atoms with Crippen LogP contribution in [0.15, 0.2) is 59.6 Å². The van der Waals surface area contributed by atoms with Crippen molar-refractivity contribution >= 4 is 28.5 Å². The minimum absolute atomic E-state index is 0.133. The van der Waals surface area contributed by atoms with E-state index in [0.29, 0.717) is 22.6 Å². The fraction of sp³-hybridized carbons (Fsp3) is 0.136. The van der Waals surface area contributed by atoms with Crippen molar-refractivity contribution < 1.29 is 18.0 Å². The van der Waals surface area contributed by atoms with Crippen molar-refractivity contribution in [3.63, 3.8) is 0 Å². The second-order valence-electron chi connectivity index (χ2n) is 7.17. The second-order valence-corrected chi connectivity index (χ2v) is 8.46. The first-order chi connectivity index (χ1) is 14.8. The van der Waals surface area contributed by atoms with Gasteiger partial charge in [0.2, 0.25) is 0 Å². The lowest BCUT2D eigenvalue weighted by Gasteiger charge is -2.14. The number of hydrogen-bond acceptors (Lipinski definition) is 2. The molecule has 2 aromatic carbocycles. The molecular formula is C22H19F3N4OS. The van der Waals surface area contributed by atoms with Gasteiger partial charge in [0.25, 0.3) is 5.91 Å². The van der Waals surface area contributed by atoms with E-state index in [0.717, 1.165) is 17.7 Å². The summed E-state index contributed by atoms with van der Waals surface area (Å²) in [6, 6.07) is 9.16. The first-order valence-corrected chi connectivity index (χ1v) is 10.6. The predicted molar refractivity (Wildman–Crippen MR) is 114 cm³/mol. The second kappa shape index (κ2) is 8.52. The van der Waals surface area contributed by atoms with Gasteiger partial charge in [-0.25, -0.2) is 17.9 Å². The quantitative estimate of drug-likeness (QED) is 0.552. The molecule has 0 radical (unpaired) electrons. The number of anilines is 1. The van der Waals surface area contributed by atoms with Gasteiger partial charge in [0.05, 0.1) is 4.90 Å². The molecule has 1 aromatic heterocycles. The summed E-state index contributed by atoms with van der Waals surface area (Å²) in [5.74, 6) is -2.85. The molecule has 2 heterocycles. The zero-order valence-corrected chi connectivity index (χ0v) is 17.3. The summed E-state index contributed by atoms with van der Waals surface area (Å²) in [6.45, 7) is 0. The highest BCUT2D eigenvalue weighted by molar-refractivity contribution is 7.84. The van der Waals surface area contributed by atoms with Gasteiger partial charge >= 0.3 is 0 Å². The highest BCUT2D eigenvalue weighted by Gasteiger charge is 2.24. The van der Waals surface area contributed by atoms with Gasteiger partial charge < -0.3 is 9.88 Å². The third-order valence-corrected chi connectivity index (χ3v) is 6.23. The Morgan fingerprint density at radius 3 is 2.61 bits per heavy atom. The molecule has 3 N–H and O–H groups in total. The molecule has 0 saturated heterocycles. The molecule has 0 saturated carbocycles. The number of fused-ring (bicyclic) bond motifs is 1. The number of carbonyl (C=O) groups excluding carboxylic acids is 1. The molecule has 9 heteroatoms. The van der Waals surface area contributed by atoms with Gasteiger partial charge in [-0.2, -0.15) is 0 Å². The maximum atomic E-state index is 13.5. The molecule has 1 aliphatic rings. The first-order valence-electron chi connectivity index (χ1n) is 9.42. The fourth-order valence-electron chi connectivity index (χ4n) is 3.44. The smallest absolute Gasteiger partial charge is 0.272 e. The van der Waals surface area contributed by atoms with E-state index >= 15 is 0 Å². The summed E-state index contributed by atoms with van der Waals surface area (Å²) >= 11 is 0. The van der Waals surface area contributed by atoms with Crippen molar-refractivity contribution in [3.05, 3.63) is 89.0 Å². The van der Waals surface area contributed by atoms with Crippen LogP contribution < -0.4 is 10.0 Å². The van der Waals surface area contributed by atoms with E-state index < -0.39 is 28.4 Å². The number of hydrogen-bond donors (Lipinski definition) is 3. The van der Waals surface area contributed by atoms with Gasteiger partial charge in [0.1, 0.15) is 11.5 Å². The van der Waals surface area contributed by atoms with Gasteiger partial charge in [0.15, 0.2) is 11.6 Å². The van der Waals surface area contributed by atoms with Crippen LogP contribution in [0.5, 0.6) is 0 Å². The summed E-state index contributed by atoms with van der Waals surface area (Å²) in [5, 5.41) is 2.58. The van der Waals surface area contributed by atoms with Gasteiger partial charge in [-0.05, 0) is 47.1 Å². The number of aromatic nitrogens is 1. The van der Waals surface area contributed by atoms with Crippen molar-refractivity contribution in [2.45, 2.75) is 17.4 Å². The van der Waals surface area contributed by atoms with Gasteiger partial charge in [-0.3, -0.25) is 9.57 Å². The zero-order chi connectivity index (χ0) is 22.1. The summed E-state index contributed by atoms with van der Waals surface area (Å²) in [4.78, 5) is 13.5. The third-order valence-electron chi connectivity index (χ3n) is 4.93. The highest BCUT2D eigenvalue weighted by atomic mass is 32.2. The normalized spacial score (nSPS) is 17.8. The molecule has 160 valence electrons. The van der Waals surface area contributed by atoms with Crippen molar-refractivity contribution in [1.29, 1.82) is 4.78 Å². The standard InChI is InChI=1S/C22H19F3N4OS/c1-29-12-20-17(21(29)22(30)27-15-7-9-18(24)19(25)11-15)8-6-16(28-31(20)26)10-13-2-4-14(23)5-3-13/h2-9,11-12,16H,10H2,1H3,(H2,26,28)(H,27,30). The monoisotopic (exact) mass is 444 g/mol. The van der Waals surface area contributed by atoms with Gasteiger partial charge in [-0.15, -0.1) is 0 Å². The Balaban J connectivity index is 1.60. The Morgan fingerprint density at radius 2 is 1.90 bits per heavy atom. The van der Waals surface area contributed by atoms with Crippen LogP contribution in [-0.2, 0) is 24.3 Å². The molecular weight excluding hydrogens is 425 g/mol. The minimum atomic E-state index is -1.10. The Bertz CT molecular complexity index is 1200. The number of rotatable bonds is 4. The summed E-state index contributed by atoms with van der Waals surface area (Å²) in [5.41, 5.74) is 1.96. The molecule has 0 fully saturated rings. The average Bonchev–Trinajstić information content (AvgIpc) is 2.99. The molecule has 0 spiro atoms. The lowest BCUT2D eigenvalue weighted by Crippen LogP contribution is -2.29. The largest absolute Gasteiger partial charge is 0.345 e. The highest BCUT2D eigenvalue weighted by Crippen LogP contribution is 2.26. The molecule has 5 nitrogen and oxygen atoms in total.